The van der Waals surface area contributed by atoms with Gasteiger partial charge in [0.15, 0.2) is 0 Å². The monoisotopic (exact) mass is 158 g/mol. The first-order valence-electron chi connectivity index (χ1n) is 2.98. The van der Waals surface area contributed by atoms with Crippen molar-refractivity contribution >= 4 is 11.3 Å². The third-order valence-electron chi connectivity index (χ3n) is 1.17. The van der Waals surface area contributed by atoms with Crippen molar-refractivity contribution < 1.29 is 4.74 Å². The van der Waals surface area contributed by atoms with Crippen molar-refractivity contribution in [1.29, 1.82) is 0 Å². The summed E-state index contributed by atoms with van der Waals surface area (Å²) < 4.78 is 4.97. The fraction of sp³-hybridized carbons (Fsp3) is 0.500. The van der Waals surface area contributed by atoms with Crippen LogP contribution in [0, 0.1) is 6.92 Å². The fourth-order valence-corrected chi connectivity index (χ4v) is 1.49. The molecular formula is C6H10N2OS. The summed E-state index contributed by atoms with van der Waals surface area (Å²) in [7, 11) is 1.61. The summed E-state index contributed by atoms with van der Waals surface area (Å²) in [5.74, 6) is 0.699. The van der Waals surface area contributed by atoms with Crippen molar-refractivity contribution in [3.05, 3.63) is 9.88 Å². The van der Waals surface area contributed by atoms with E-state index in [4.69, 9.17) is 10.5 Å². The zero-order chi connectivity index (χ0) is 7.56. The maximum absolute atomic E-state index is 5.38. The Labute approximate surface area is 63.8 Å². The summed E-state index contributed by atoms with van der Waals surface area (Å²) in [6.07, 6.45) is 0. The van der Waals surface area contributed by atoms with E-state index in [1.54, 1.807) is 18.4 Å². The SMILES string of the molecule is COc1nc(CN)sc1C. The number of ether oxygens (including phenoxy) is 1. The van der Waals surface area contributed by atoms with Gasteiger partial charge in [0.2, 0.25) is 5.88 Å². The van der Waals surface area contributed by atoms with Gasteiger partial charge in [-0.3, -0.25) is 0 Å². The van der Waals surface area contributed by atoms with E-state index in [0.29, 0.717) is 12.4 Å². The molecule has 1 heterocycles. The number of nitrogens with zero attached hydrogens (tertiary/aromatic N) is 1. The standard InChI is InChI=1S/C6H10N2OS/c1-4-6(9-2)8-5(3-7)10-4/h3,7H2,1-2H3. The molecule has 1 aromatic rings. The molecule has 0 aliphatic carbocycles. The van der Waals surface area contributed by atoms with Gasteiger partial charge in [0, 0.05) is 6.54 Å². The van der Waals surface area contributed by atoms with Gasteiger partial charge in [0.25, 0.3) is 0 Å². The molecule has 0 aromatic carbocycles. The Kier molecular flexibility index (Phi) is 2.24. The Bertz CT molecular complexity index is 222. The summed E-state index contributed by atoms with van der Waals surface area (Å²) in [5.41, 5.74) is 5.38. The van der Waals surface area contributed by atoms with Gasteiger partial charge < -0.3 is 10.5 Å². The molecule has 0 saturated carbocycles. The lowest BCUT2D eigenvalue weighted by atomic mass is 10.6. The van der Waals surface area contributed by atoms with Gasteiger partial charge >= 0.3 is 0 Å². The summed E-state index contributed by atoms with van der Waals surface area (Å²) in [6, 6.07) is 0. The van der Waals surface area contributed by atoms with E-state index in [2.05, 4.69) is 4.98 Å². The van der Waals surface area contributed by atoms with Gasteiger partial charge in [-0.1, -0.05) is 0 Å². The molecule has 4 heteroatoms. The van der Waals surface area contributed by atoms with Crippen LogP contribution in [0.25, 0.3) is 0 Å². The first-order valence-corrected chi connectivity index (χ1v) is 3.80. The zero-order valence-corrected chi connectivity index (χ0v) is 6.86. The van der Waals surface area contributed by atoms with Crippen LogP contribution in [0.1, 0.15) is 9.88 Å². The second kappa shape index (κ2) is 2.98. The van der Waals surface area contributed by atoms with Crippen LogP contribution in [0.5, 0.6) is 5.88 Å². The van der Waals surface area contributed by atoms with Crippen LogP contribution in [0.4, 0.5) is 0 Å². The predicted molar refractivity (Wildman–Crippen MR) is 41.3 cm³/mol. The quantitative estimate of drug-likeness (QED) is 0.696. The number of hydrogen-bond donors (Lipinski definition) is 1. The average Bonchev–Trinajstić information content (AvgIpc) is 2.30. The lowest BCUT2D eigenvalue weighted by molar-refractivity contribution is 0.397. The number of methoxy groups -OCH3 is 1. The second-order valence-corrected chi connectivity index (χ2v) is 3.16. The normalized spacial score (nSPS) is 9.90. The second-order valence-electron chi connectivity index (χ2n) is 1.88. The maximum atomic E-state index is 5.38. The van der Waals surface area contributed by atoms with Crippen molar-refractivity contribution in [2.24, 2.45) is 5.73 Å². The van der Waals surface area contributed by atoms with Crippen LogP contribution in [-0.4, -0.2) is 12.1 Å². The maximum Gasteiger partial charge on any atom is 0.227 e. The van der Waals surface area contributed by atoms with Crippen LogP contribution < -0.4 is 10.5 Å². The molecule has 10 heavy (non-hydrogen) atoms. The predicted octanol–water partition coefficient (Wildman–Crippen LogP) is 0.919. The molecular weight excluding hydrogens is 148 g/mol. The summed E-state index contributed by atoms with van der Waals surface area (Å²) in [5, 5.41) is 0.925. The van der Waals surface area contributed by atoms with Gasteiger partial charge in [-0.15, -0.1) is 11.3 Å². The van der Waals surface area contributed by atoms with Crippen LogP contribution in [0.2, 0.25) is 0 Å². The van der Waals surface area contributed by atoms with Gasteiger partial charge in [-0.25, -0.2) is 4.98 Å². The summed E-state index contributed by atoms with van der Waals surface area (Å²) >= 11 is 1.58. The Hall–Kier alpha value is -0.610. The highest BCUT2D eigenvalue weighted by Gasteiger charge is 2.04. The van der Waals surface area contributed by atoms with Crippen molar-refractivity contribution in [2.45, 2.75) is 13.5 Å². The summed E-state index contributed by atoms with van der Waals surface area (Å²) in [6.45, 7) is 2.46. The van der Waals surface area contributed by atoms with Crippen LogP contribution >= 0.6 is 11.3 Å². The largest absolute Gasteiger partial charge is 0.480 e. The van der Waals surface area contributed by atoms with Crippen molar-refractivity contribution in [3.63, 3.8) is 0 Å². The number of thiazole rings is 1. The Morgan fingerprint density at radius 2 is 2.40 bits per heavy atom. The number of hydrogen-bond acceptors (Lipinski definition) is 4. The number of aromatic nitrogens is 1. The summed E-state index contributed by atoms with van der Waals surface area (Å²) in [4.78, 5) is 5.20. The number of aryl methyl sites for hydroxylation is 1. The molecule has 0 fully saturated rings. The van der Waals surface area contributed by atoms with Crippen LogP contribution in [0.15, 0.2) is 0 Å². The number of rotatable bonds is 2. The van der Waals surface area contributed by atoms with E-state index in [0.717, 1.165) is 9.88 Å². The Morgan fingerprint density at radius 1 is 1.70 bits per heavy atom. The van der Waals surface area contributed by atoms with E-state index in [9.17, 15) is 0 Å². The molecule has 3 nitrogen and oxygen atoms in total. The molecule has 0 aliphatic rings. The first kappa shape index (κ1) is 7.50. The van der Waals surface area contributed by atoms with Crippen molar-refractivity contribution in [1.82, 2.24) is 4.98 Å². The first-order chi connectivity index (χ1) is 4.77. The smallest absolute Gasteiger partial charge is 0.227 e. The third-order valence-corrected chi connectivity index (χ3v) is 2.14. The third kappa shape index (κ3) is 1.27. The lowest BCUT2D eigenvalue weighted by Crippen LogP contribution is -1.94. The van der Waals surface area contributed by atoms with Gasteiger partial charge in [0.05, 0.1) is 12.0 Å². The van der Waals surface area contributed by atoms with E-state index < -0.39 is 0 Å². The van der Waals surface area contributed by atoms with E-state index in [1.165, 1.54) is 0 Å². The molecule has 0 atom stereocenters. The average molecular weight is 158 g/mol. The Morgan fingerprint density at radius 3 is 2.70 bits per heavy atom. The van der Waals surface area contributed by atoms with E-state index in [-0.39, 0.29) is 0 Å². The molecule has 0 aliphatic heterocycles. The zero-order valence-electron chi connectivity index (χ0n) is 6.05. The van der Waals surface area contributed by atoms with Crippen molar-refractivity contribution in [2.75, 3.05) is 7.11 Å². The van der Waals surface area contributed by atoms with E-state index >= 15 is 0 Å². The van der Waals surface area contributed by atoms with Crippen LogP contribution in [-0.2, 0) is 6.54 Å². The minimum atomic E-state index is 0.495. The number of nitrogens with two attached hydrogens (primary N) is 1. The molecule has 0 radical (unpaired) electrons. The fourth-order valence-electron chi connectivity index (χ4n) is 0.712. The molecule has 1 aromatic heterocycles. The van der Waals surface area contributed by atoms with Gasteiger partial charge in [0.1, 0.15) is 5.01 Å². The molecule has 0 bridgehead atoms. The van der Waals surface area contributed by atoms with Crippen molar-refractivity contribution in [3.8, 4) is 5.88 Å². The molecule has 2 N–H and O–H groups in total. The molecule has 0 amide bonds. The highest BCUT2D eigenvalue weighted by molar-refractivity contribution is 7.11. The van der Waals surface area contributed by atoms with E-state index in [1.807, 2.05) is 6.92 Å². The molecule has 0 saturated heterocycles. The molecule has 1 rings (SSSR count). The topological polar surface area (TPSA) is 48.1 Å². The Balaban J connectivity index is 2.92. The highest BCUT2D eigenvalue weighted by Crippen LogP contribution is 2.22. The molecule has 0 unspecified atom stereocenters. The van der Waals surface area contributed by atoms with Gasteiger partial charge in [-0.2, -0.15) is 0 Å². The van der Waals surface area contributed by atoms with Gasteiger partial charge in [-0.05, 0) is 6.92 Å². The lowest BCUT2D eigenvalue weighted by Gasteiger charge is -1.90. The van der Waals surface area contributed by atoms with Crippen LogP contribution in [0.3, 0.4) is 0 Å². The molecule has 56 valence electrons. The minimum absolute atomic E-state index is 0.495. The highest BCUT2D eigenvalue weighted by atomic mass is 32.1. The molecule has 0 spiro atoms. The minimum Gasteiger partial charge on any atom is -0.480 e.